The number of nitrogens with zero attached hydrogens (tertiary/aromatic N) is 1. The van der Waals surface area contributed by atoms with Crippen LogP contribution in [0.3, 0.4) is 0 Å². The maximum absolute atomic E-state index is 12.2. The molecule has 1 saturated carbocycles. The highest BCUT2D eigenvalue weighted by Crippen LogP contribution is 2.39. The Morgan fingerprint density at radius 2 is 2.04 bits per heavy atom. The third kappa shape index (κ3) is 3.02. The van der Waals surface area contributed by atoms with Gasteiger partial charge in [0.15, 0.2) is 0 Å². The summed E-state index contributed by atoms with van der Waals surface area (Å²) in [5.41, 5.74) is 3.77. The summed E-state index contributed by atoms with van der Waals surface area (Å²) >= 11 is 0. The van der Waals surface area contributed by atoms with Crippen LogP contribution in [-0.4, -0.2) is 17.5 Å². The van der Waals surface area contributed by atoms with Gasteiger partial charge in [-0.2, -0.15) is 0 Å². The number of aliphatic imine (C=N–C) groups is 1. The molecule has 0 spiro atoms. The molecule has 24 heavy (non-hydrogen) atoms. The lowest BCUT2D eigenvalue weighted by atomic mass is 9.85. The van der Waals surface area contributed by atoms with Crippen LogP contribution in [0.1, 0.15) is 57.8 Å². The van der Waals surface area contributed by atoms with E-state index in [9.17, 15) is 9.59 Å². The van der Waals surface area contributed by atoms with E-state index in [0.29, 0.717) is 18.1 Å². The summed E-state index contributed by atoms with van der Waals surface area (Å²) < 4.78 is 0. The van der Waals surface area contributed by atoms with Crippen LogP contribution < -0.4 is 5.32 Å². The molecule has 2 amide bonds. The SMILES string of the molecule is O=C(CCC1CCCC1)N=C1C=CC2C(=C1)NC(=O)C1=C2CCC1. The molecule has 126 valence electrons. The van der Waals surface area contributed by atoms with Gasteiger partial charge in [0.05, 0.1) is 5.71 Å². The lowest BCUT2D eigenvalue weighted by Crippen LogP contribution is -2.35. The van der Waals surface area contributed by atoms with Crippen molar-refractivity contribution < 1.29 is 9.59 Å². The van der Waals surface area contributed by atoms with Crippen molar-refractivity contribution in [1.82, 2.24) is 5.32 Å². The number of nitrogens with one attached hydrogen (secondary N) is 1. The molecule has 3 aliphatic carbocycles. The Morgan fingerprint density at radius 3 is 2.88 bits per heavy atom. The number of carbonyl (C=O) groups is 2. The minimum Gasteiger partial charge on any atom is -0.325 e. The smallest absolute Gasteiger partial charge is 0.251 e. The second-order valence-corrected chi connectivity index (χ2v) is 7.37. The maximum Gasteiger partial charge on any atom is 0.251 e. The third-order valence-electron chi connectivity index (χ3n) is 5.76. The lowest BCUT2D eigenvalue weighted by Gasteiger charge is -2.28. The van der Waals surface area contributed by atoms with Crippen molar-refractivity contribution in [1.29, 1.82) is 0 Å². The highest BCUT2D eigenvalue weighted by Gasteiger charge is 2.34. The molecule has 1 N–H and O–H groups in total. The molecule has 4 aliphatic rings. The second-order valence-electron chi connectivity index (χ2n) is 7.37. The molecule has 0 saturated heterocycles. The molecular weight excluding hydrogens is 300 g/mol. The van der Waals surface area contributed by atoms with E-state index in [1.54, 1.807) is 0 Å². The fourth-order valence-corrected chi connectivity index (χ4v) is 4.49. The minimum atomic E-state index is -0.0419. The van der Waals surface area contributed by atoms with Gasteiger partial charge in [0.25, 0.3) is 5.91 Å². The number of hydrogen-bond acceptors (Lipinski definition) is 2. The number of carbonyl (C=O) groups excluding carboxylic acids is 2. The topological polar surface area (TPSA) is 58.5 Å². The standard InChI is InChI=1S/C20H24N2O2/c23-19(11-8-13-4-1-2-5-13)21-14-9-10-16-15-6-3-7-17(15)20(24)22-18(16)12-14/h9-10,12-13,16H,1-8,11H2,(H,22,24). The zero-order chi connectivity index (χ0) is 16.5. The van der Waals surface area contributed by atoms with Crippen molar-refractivity contribution in [2.24, 2.45) is 16.8 Å². The predicted molar refractivity (Wildman–Crippen MR) is 93.4 cm³/mol. The first kappa shape index (κ1) is 15.6. The molecule has 0 aromatic heterocycles. The Morgan fingerprint density at radius 1 is 1.21 bits per heavy atom. The molecule has 4 rings (SSSR count). The number of fused-ring (bicyclic) bond motifs is 2. The lowest BCUT2D eigenvalue weighted by molar-refractivity contribution is -0.118. The highest BCUT2D eigenvalue weighted by atomic mass is 16.2. The van der Waals surface area contributed by atoms with Crippen molar-refractivity contribution in [3.8, 4) is 0 Å². The Balaban J connectivity index is 1.44. The molecule has 0 radical (unpaired) electrons. The number of rotatable bonds is 3. The van der Waals surface area contributed by atoms with E-state index in [1.807, 2.05) is 12.2 Å². The Hall–Kier alpha value is -1.97. The maximum atomic E-state index is 12.2. The predicted octanol–water partition coefficient (Wildman–Crippen LogP) is 3.60. The van der Waals surface area contributed by atoms with Crippen molar-refractivity contribution in [3.63, 3.8) is 0 Å². The van der Waals surface area contributed by atoms with E-state index < -0.39 is 0 Å². The fraction of sp³-hybridized carbons (Fsp3) is 0.550. The van der Waals surface area contributed by atoms with Gasteiger partial charge in [-0.15, -0.1) is 0 Å². The van der Waals surface area contributed by atoms with Crippen molar-refractivity contribution in [2.45, 2.75) is 57.8 Å². The number of hydrogen-bond donors (Lipinski definition) is 1. The van der Waals surface area contributed by atoms with Gasteiger partial charge in [-0.25, -0.2) is 4.99 Å². The van der Waals surface area contributed by atoms with Crippen LogP contribution in [0.4, 0.5) is 0 Å². The van der Waals surface area contributed by atoms with E-state index in [2.05, 4.69) is 16.4 Å². The second kappa shape index (κ2) is 6.50. The van der Waals surface area contributed by atoms with Gasteiger partial charge < -0.3 is 5.32 Å². The molecule has 4 nitrogen and oxygen atoms in total. The van der Waals surface area contributed by atoms with Gasteiger partial charge in [-0.3, -0.25) is 9.59 Å². The summed E-state index contributed by atoms with van der Waals surface area (Å²) in [5, 5.41) is 2.99. The molecule has 0 aromatic carbocycles. The molecule has 1 atom stereocenters. The van der Waals surface area contributed by atoms with Crippen molar-refractivity contribution in [2.75, 3.05) is 0 Å². The summed E-state index contributed by atoms with van der Waals surface area (Å²) in [6, 6.07) is 0. The summed E-state index contributed by atoms with van der Waals surface area (Å²) in [4.78, 5) is 28.5. The Bertz CT molecular complexity index is 690. The van der Waals surface area contributed by atoms with E-state index >= 15 is 0 Å². The van der Waals surface area contributed by atoms with Crippen molar-refractivity contribution >= 4 is 17.5 Å². The van der Waals surface area contributed by atoms with E-state index in [4.69, 9.17) is 0 Å². The largest absolute Gasteiger partial charge is 0.325 e. The highest BCUT2D eigenvalue weighted by molar-refractivity contribution is 6.11. The molecule has 0 bridgehead atoms. The molecular formula is C20H24N2O2. The van der Waals surface area contributed by atoms with Gasteiger partial charge in [0.2, 0.25) is 5.91 Å². The van der Waals surface area contributed by atoms with Crippen LogP contribution >= 0.6 is 0 Å². The average Bonchev–Trinajstić information content (AvgIpc) is 3.25. The van der Waals surface area contributed by atoms with Gasteiger partial charge in [0, 0.05) is 23.6 Å². The zero-order valence-corrected chi connectivity index (χ0v) is 14.0. The molecule has 0 aromatic rings. The quantitative estimate of drug-likeness (QED) is 0.862. The van der Waals surface area contributed by atoms with Gasteiger partial charge in [-0.05, 0) is 49.3 Å². The normalized spacial score (nSPS) is 28.0. The summed E-state index contributed by atoms with van der Waals surface area (Å²) in [6.45, 7) is 0. The summed E-state index contributed by atoms with van der Waals surface area (Å²) in [7, 11) is 0. The molecule has 1 aliphatic heterocycles. The van der Waals surface area contributed by atoms with Crippen LogP contribution in [0.15, 0.2) is 40.1 Å². The van der Waals surface area contributed by atoms with Crippen LogP contribution in [0.25, 0.3) is 0 Å². The first-order valence-corrected chi connectivity index (χ1v) is 9.25. The Kier molecular flexibility index (Phi) is 4.21. The van der Waals surface area contributed by atoms with Gasteiger partial charge in [0.1, 0.15) is 0 Å². The molecule has 1 unspecified atom stereocenters. The van der Waals surface area contributed by atoms with Gasteiger partial charge in [-0.1, -0.05) is 31.8 Å². The third-order valence-corrected chi connectivity index (χ3v) is 5.76. The zero-order valence-electron chi connectivity index (χ0n) is 14.0. The van der Waals surface area contributed by atoms with Crippen LogP contribution in [-0.2, 0) is 9.59 Å². The number of allylic oxidation sites excluding steroid dienone is 3. The number of amides is 2. The fourth-order valence-electron chi connectivity index (χ4n) is 4.49. The van der Waals surface area contributed by atoms with E-state index in [-0.39, 0.29) is 17.7 Å². The van der Waals surface area contributed by atoms with Crippen LogP contribution in [0.2, 0.25) is 0 Å². The first-order valence-electron chi connectivity index (χ1n) is 9.25. The van der Waals surface area contributed by atoms with Crippen LogP contribution in [0.5, 0.6) is 0 Å². The minimum absolute atomic E-state index is 0.0345. The summed E-state index contributed by atoms with van der Waals surface area (Å²) in [5.74, 6) is 0.879. The molecule has 1 fully saturated rings. The average molecular weight is 324 g/mol. The molecule has 4 heteroatoms. The van der Waals surface area contributed by atoms with Gasteiger partial charge >= 0.3 is 0 Å². The summed E-state index contributed by atoms with van der Waals surface area (Å²) in [6.07, 6.45) is 15.5. The van der Waals surface area contributed by atoms with Crippen LogP contribution in [0, 0.1) is 11.8 Å². The Labute approximate surface area is 142 Å². The molecule has 1 heterocycles. The van der Waals surface area contributed by atoms with Crippen molar-refractivity contribution in [3.05, 3.63) is 35.1 Å². The first-order chi connectivity index (χ1) is 11.7. The van der Waals surface area contributed by atoms with E-state index in [1.165, 1.54) is 31.3 Å². The van der Waals surface area contributed by atoms with E-state index in [0.717, 1.165) is 37.0 Å². The monoisotopic (exact) mass is 324 g/mol.